The molecule has 0 unspecified atom stereocenters. The van der Waals surface area contributed by atoms with Gasteiger partial charge in [-0.05, 0) is 0 Å². The van der Waals surface area contributed by atoms with E-state index in [9.17, 15) is 0 Å². The Balaban J connectivity index is 0.000000130. The van der Waals surface area contributed by atoms with Gasteiger partial charge < -0.3 is 0 Å². The van der Waals surface area contributed by atoms with Gasteiger partial charge in [0.25, 0.3) is 0 Å². The molecule has 0 nitrogen and oxygen atoms in total. The van der Waals surface area contributed by atoms with Crippen LogP contribution in [0.25, 0.3) is 21.5 Å². The summed E-state index contributed by atoms with van der Waals surface area (Å²) in [5, 5.41) is 5.39. The SMILES string of the molecule is [C-]1=CC=CC1.[Zr+2]=[CH]Cc1ccccc1.c1ccc2c(c1)[cH-]c1ccccc12. The minimum atomic E-state index is 1.01. The molecule has 4 aromatic rings. The third kappa shape index (κ3) is 5.88. The van der Waals surface area contributed by atoms with E-state index in [1.807, 2.05) is 18.2 Å². The molecule has 0 aromatic heterocycles. The second kappa shape index (κ2) is 10.8. The minimum Gasteiger partial charge on any atom is -0.126 e. The van der Waals surface area contributed by atoms with Crippen molar-refractivity contribution < 1.29 is 24.2 Å². The third-order valence-corrected chi connectivity index (χ3v) is 4.79. The van der Waals surface area contributed by atoms with Gasteiger partial charge in [-0.3, -0.25) is 6.08 Å². The molecule has 4 aromatic carbocycles. The van der Waals surface area contributed by atoms with Gasteiger partial charge in [0.05, 0.1) is 0 Å². The van der Waals surface area contributed by atoms with Crippen LogP contribution in [0, 0.1) is 6.08 Å². The molecule has 27 heavy (non-hydrogen) atoms. The van der Waals surface area contributed by atoms with Crippen molar-refractivity contribution in [2.75, 3.05) is 0 Å². The van der Waals surface area contributed by atoms with E-state index < -0.39 is 0 Å². The summed E-state index contributed by atoms with van der Waals surface area (Å²) in [5.41, 5.74) is 1.41. The van der Waals surface area contributed by atoms with Crippen LogP contribution in [0.15, 0.2) is 103 Å². The maximum atomic E-state index is 2.99. The second-order valence-electron chi connectivity index (χ2n) is 6.22. The van der Waals surface area contributed by atoms with Gasteiger partial charge in [-0.2, -0.15) is 6.08 Å². The average molecular weight is 426 g/mol. The van der Waals surface area contributed by atoms with Crippen LogP contribution >= 0.6 is 0 Å². The molecule has 5 rings (SSSR count). The van der Waals surface area contributed by atoms with Crippen LogP contribution in [0.1, 0.15) is 12.0 Å². The molecule has 0 saturated carbocycles. The van der Waals surface area contributed by atoms with E-state index in [-0.39, 0.29) is 0 Å². The Labute approximate surface area is 176 Å². The van der Waals surface area contributed by atoms with Crippen LogP contribution in [0.5, 0.6) is 0 Å². The monoisotopic (exact) mass is 424 g/mol. The van der Waals surface area contributed by atoms with E-state index in [0.717, 1.165) is 12.8 Å². The molecule has 0 amide bonds. The van der Waals surface area contributed by atoms with Gasteiger partial charge in [0, 0.05) is 0 Å². The van der Waals surface area contributed by atoms with Crippen LogP contribution in [-0.4, -0.2) is 3.71 Å². The van der Waals surface area contributed by atoms with E-state index in [0.29, 0.717) is 0 Å². The summed E-state index contributed by atoms with van der Waals surface area (Å²) in [6.45, 7) is 0. The van der Waals surface area contributed by atoms with E-state index >= 15 is 0 Å². The standard InChI is InChI=1S/C13H9.C8H8.C5H5.Zr/c1-3-7-12-10(5-1)9-11-6-2-4-8-13(11)12;1-2-8-6-4-3-5-7-8;1-2-4-5-3-1;/h1-9H;1,3-7H,2H2;1-3H,4H2;/q-1;;-1;+2. The minimum absolute atomic E-state index is 1.01. The first-order valence-electron chi connectivity index (χ1n) is 9.16. The molecule has 0 fully saturated rings. The van der Waals surface area contributed by atoms with Crippen molar-refractivity contribution in [3.63, 3.8) is 0 Å². The summed E-state index contributed by atoms with van der Waals surface area (Å²) in [5.74, 6) is 0. The largest absolute Gasteiger partial charge is 0.126 e. The van der Waals surface area contributed by atoms with E-state index in [1.165, 1.54) is 51.3 Å². The quantitative estimate of drug-likeness (QED) is 0.318. The molecule has 0 aliphatic heterocycles. The molecular formula is C26H22Zr. The Morgan fingerprint density at radius 1 is 0.815 bits per heavy atom. The topological polar surface area (TPSA) is 0 Å². The zero-order valence-electron chi connectivity index (χ0n) is 15.3. The first-order valence-corrected chi connectivity index (χ1v) is 10.6. The van der Waals surface area contributed by atoms with Crippen LogP contribution < -0.4 is 0 Å². The number of hydrogen-bond acceptors (Lipinski definition) is 0. The normalized spacial score (nSPS) is 11.6. The fraction of sp³-hybridized carbons (Fsp3) is 0.0769. The average Bonchev–Trinajstić information content (AvgIpc) is 3.41. The van der Waals surface area contributed by atoms with Gasteiger partial charge in [-0.25, -0.2) is 12.2 Å². The van der Waals surface area contributed by atoms with Gasteiger partial charge in [0.2, 0.25) is 0 Å². The molecule has 0 atom stereocenters. The molecule has 0 saturated heterocycles. The molecule has 0 radical (unpaired) electrons. The summed E-state index contributed by atoms with van der Waals surface area (Å²) in [4.78, 5) is 0. The fourth-order valence-electron chi connectivity index (χ4n) is 2.98. The molecule has 1 aliphatic carbocycles. The Morgan fingerprint density at radius 3 is 1.89 bits per heavy atom. The van der Waals surface area contributed by atoms with Crippen molar-refractivity contribution in [3.05, 3.63) is 115 Å². The summed E-state index contributed by atoms with van der Waals surface area (Å²) < 4.78 is 2.25. The van der Waals surface area contributed by atoms with Crippen LogP contribution in [0.2, 0.25) is 0 Å². The molecule has 1 heteroatoms. The van der Waals surface area contributed by atoms with Crippen molar-refractivity contribution in [2.24, 2.45) is 0 Å². The summed E-state index contributed by atoms with van der Waals surface area (Å²) >= 11 is 1.51. The molecule has 0 N–H and O–H groups in total. The van der Waals surface area contributed by atoms with Crippen LogP contribution in [-0.2, 0) is 30.7 Å². The number of hydrogen-bond donors (Lipinski definition) is 0. The molecule has 0 bridgehead atoms. The smallest absolute Gasteiger partial charge is 0.0771 e. The first-order chi connectivity index (χ1) is 13.4. The maximum Gasteiger partial charge on any atom is -0.0771 e. The first kappa shape index (κ1) is 19.5. The Bertz CT molecular complexity index is 975. The van der Waals surface area contributed by atoms with Crippen LogP contribution in [0.3, 0.4) is 0 Å². The summed E-state index contributed by atoms with van der Waals surface area (Å²) in [7, 11) is 0. The van der Waals surface area contributed by atoms with Gasteiger partial charge in [0.15, 0.2) is 0 Å². The zero-order chi connectivity index (χ0) is 18.7. The van der Waals surface area contributed by atoms with Gasteiger partial charge in [-0.1, -0.05) is 36.4 Å². The van der Waals surface area contributed by atoms with Crippen LogP contribution in [0.4, 0.5) is 0 Å². The van der Waals surface area contributed by atoms with E-state index in [4.69, 9.17) is 0 Å². The van der Waals surface area contributed by atoms with Gasteiger partial charge in [0.1, 0.15) is 0 Å². The second-order valence-corrected chi connectivity index (χ2v) is 7.22. The number of allylic oxidation sites excluding steroid dienone is 4. The van der Waals surface area contributed by atoms with Crippen molar-refractivity contribution in [1.82, 2.24) is 0 Å². The van der Waals surface area contributed by atoms with Crippen molar-refractivity contribution in [3.8, 4) is 0 Å². The van der Waals surface area contributed by atoms with Crippen molar-refractivity contribution >= 4 is 25.3 Å². The molecule has 0 heterocycles. The summed E-state index contributed by atoms with van der Waals surface area (Å²) in [6.07, 6.45) is 11.1. The number of fused-ring (bicyclic) bond motifs is 3. The fourth-order valence-corrected chi connectivity index (χ4v) is 3.56. The molecule has 130 valence electrons. The number of rotatable bonds is 2. The zero-order valence-corrected chi connectivity index (χ0v) is 17.8. The van der Waals surface area contributed by atoms with E-state index in [2.05, 4.69) is 94.7 Å². The van der Waals surface area contributed by atoms with Gasteiger partial charge in [-0.15, -0.1) is 46.2 Å². The molecular weight excluding hydrogens is 404 g/mol. The van der Waals surface area contributed by atoms with Crippen molar-refractivity contribution in [1.29, 1.82) is 0 Å². The Hall–Kier alpha value is -2.24. The van der Waals surface area contributed by atoms with Gasteiger partial charge >= 0.3 is 70.3 Å². The predicted octanol–water partition coefficient (Wildman–Crippen LogP) is 6.60. The predicted molar refractivity (Wildman–Crippen MR) is 115 cm³/mol. The number of benzene rings is 3. The Kier molecular flexibility index (Phi) is 7.81. The van der Waals surface area contributed by atoms with Crippen molar-refractivity contribution in [2.45, 2.75) is 12.8 Å². The molecule has 1 aliphatic rings. The third-order valence-electron chi connectivity index (χ3n) is 4.29. The maximum absolute atomic E-state index is 2.99. The summed E-state index contributed by atoms with van der Waals surface area (Å²) in [6, 6.07) is 29.8. The Morgan fingerprint density at radius 2 is 1.41 bits per heavy atom. The van der Waals surface area contributed by atoms with E-state index in [1.54, 1.807) is 0 Å². The molecule has 0 spiro atoms.